The first-order valence-electron chi connectivity index (χ1n) is 6.20. The van der Waals surface area contributed by atoms with Gasteiger partial charge in [0, 0.05) is 0 Å². The molecule has 2 heteroatoms. The van der Waals surface area contributed by atoms with Crippen LogP contribution in [0.15, 0.2) is 48.7 Å². The van der Waals surface area contributed by atoms with E-state index in [2.05, 4.69) is 30.1 Å². The number of hydrogen-bond donors (Lipinski definition) is 0. The highest BCUT2D eigenvalue weighted by molar-refractivity contribution is 5.67. The van der Waals surface area contributed by atoms with Gasteiger partial charge in [-0.25, -0.2) is 0 Å². The maximum atomic E-state index is 5.49. The quantitative estimate of drug-likeness (QED) is 0.785. The molecule has 0 aliphatic rings. The number of benzene rings is 1. The summed E-state index contributed by atoms with van der Waals surface area (Å²) in [5.74, 6) is 0.828. The lowest BCUT2D eigenvalue weighted by atomic mass is 10.2. The van der Waals surface area contributed by atoms with Crippen molar-refractivity contribution in [2.24, 2.45) is 0 Å². The van der Waals surface area contributed by atoms with Gasteiger partial charge in [-0.15, -0.1) is 0 Å². The van der Waals surface area contributed by atoms with Crippen LogP contribution in [-0.4, -0.2) is 11.6 Å². The Bertz CT molecular complexity index is 488. The summed E-state index contributed by atoms with van der Waals surface area (Å²) in [6, 6.07) is 14.1. The van der Waals surface area contributed by atoms with Gasteiger partial charge in [0.15, 0.2) is 0 Å². The van der Waals surface area contributed by atoms with Gasteiger partial charge in [0.05, 0.1) is 18.5 Å². The standard InChI is InChI=1S/C16H17NO/c1-2-12-18-16-11-10-15(17-13-16)9-8-14-6-4-3-5-7-14/h3-11,13H,2,12H2,1H3/b9-8+. The third kappa shape index (κ3) is 3.74. The predicted octanol–water partition coefficient (Wildman–Crippen LogP) is 4.04. The molecule has 0 radical (unpaired) electrons. The summed E-state index contributed by atoms with van der Waals surface area (Å²) in [5, 5.41) is 0. The van der Waals surface area contributed by atoms with Gasteiger partial charge < -0.3 is 4.74 Å². The molecule has 0 spiro atoms. The summed E-state index contributed by atoms with van der Waals surface area (Å²) in [7, 11) is 0. The fourth-order valence-corrected chi connectivity index (χ4v) is 1.54. The Morgan fingerprint density at radius 1 is 1.06 bits per heavy atom. The Hall–Kier alpha value is -2.09. The summed E-state index contributed by atoms with van der Waals surface area (Å²) in [6.45, 7) is 2.82. The van der Waals surface area contributed by atoms with Crippen molar-refractivity contribution in [2.45, 2.75) is 13.3 Å². The largest absolute Gasteiger partial charge is 0.492 e. The van der Waals surface area contributed by atoms with E-state index in [-0.39, 0.29) is 0 Å². The topological polar surface area (TPSA) is 22.1 Å². The van der Waals surface area contributed by atoms with Gasteiger partial charge in [-0.2, -0.15) is 0 Å². The van der Waals surface area contributed by atoms with Crippen molar-refractivity contribution in [3.05, 3.63) is 59.9 Å². The van der Waals surface area contributed by atoms with Gasteiger partial charge in [-0.05, 0) is 30.2 Å². The summed E-state index contributed by atoms with van der Waals surface area (Å²) >= 11 is 0. The van der Waals surface area contributed by atoms with E-state index in [0.717, 1.165) is 24.5 Å². The van der Waals surface area contributed by atoms with E-state index in [0.29, 0.717) is 0 Å². The van der Waals surface area contributed by atoms with E-state index in [1.807, 2.05) is 36.4 Å². The van der Waals surface area contributed by atoms with Gasteiger partial charge in [0.25, 0.3) is 0 Å². The van der Waals surface area contributed by atoms with Crippen LogP contribution in [0.25, 0.3) is 12.2 Å². The van der Waals surface area contributed by atoms with Crippen LogP contribution in [0.5, 0.6) is 5.75 Å². The van der Waals surface area contributed by atoms with Crippen molar-refractivity contribution in [1.29, 1.82) is 0 Å². The molecule has 0 amide bonds. The second kappa shape index (κ2) is 6.60. The first-order chi connectivity index (χ1) is 8.88. The highest BCUT2D eigenvalue weighted by atomic mass is 16.5. The Labute approximate surface area is 108 Å². The number of pyridine rings is 1. The molecule has 0 bridgehead atoms. The molecule has 0 aliphatic heterocycles. The zero-order valence-electron chi connectivity index (χ0n) is 10.5. The molecule has 1 aromatic carbocycles. The van der Waals surface area contributed by atoms with Crippen LogP contribution in [-0.2, 0) is 0 Å². The van der Waals surface area contributed by atoms with Crippen LogP contribution < -0.4 is 4.74 Å². The van der Waals surface area contributed by atoms with Crippen LogP contribution in [0.2, 0.25) is 0 Å². The normalized spacial score (nSPS) is 10.7. The average Bonchev–Trinajstić information content (AvgIpc) is 2.45. The molecule has 0 fully saturated rings. The lowest BCUT2D eigenvalue weighted by molar-refractivity contribution is 0.316. The Morgan fingerprint density at radius 2 is 1.89 bits per heavy atom. The van der Waals surface area contributed by atoms with Crippen molar-refractivity contribution in [2.75, 3.05) is 6.61 Å². The van der Waals surface area contributed by atoms with Crippen LogP contribution >= 0.6 is 0 Å². The van der Waals surface area contributed by atoms with Crippen molar-refractivity contribution in [1.82, 2.24) is 4.98 Å². The lowest BCUT2D eigenvalue weighted by Gasteiger charge is -2.03. The molecule has 2 aromatic rings. The molecule has 0 saturated heterocycles. The van der Waals surface area contributed by atoms with Gasteiger partial charge in [0.2, 0.25) is 0 Å². The minimum Gasteiger partial charge on any atom is -0.492 e. The zero-order valence-corrected chi connectivity index (χ0v) is 10.5. The third-order valence-corrected chi connectivity index (χ3v) is 2.48. The maximum absolute atomic E-state index is 5.49. The number of rotatable bonds is 5. The lowest BCUT2D eigenvalue weighted by Crippen LogP contribution is -1.95. The highest BCUT2D eigenvalue weighted by Gasteiger charge is 1.93. The molecule has 0 atom stereocenters. The average molecular weight is 239 g/mol. The summed E-state index contributed by atoms with van der Waals surface area (Å²) in [4.78, 5) is 4.33. The molecule has 1 heterocycles. The fraction of sp³-hybridized carbons (Fsp3) is 0.188. The fourth-order valence-electron chi connectivity index (χ4n) is 1.54. The van der Waals surface area contributed by atoms with Crippen molar-refractivity contribution in [3.63, 3.8) is 0 Å². The molecule has 92 valence electrons. The molecule has 0 aliphatic carbocycles. The molecule has 1 aromatic heterocycles. The smallest absolute Gasteiger partial charge is 0.137 e. The van der Waals surface area contributed by atoms with Gasteiger partial charge in [-0.1, -0.05) is 43.3 Å². The first-order valence-corrected chi connectivity index (χ1v) is 6.20. The van der Waals surface area contributed by atoms with Crippen LogP contribution in [0.1, 0.15) is 24.6 Å². The van der Waals surface area contributed by atoms with Crippen LogP contribution in [0.4, 0.5) is 0 Å². The number of nitrogens with zero attached hydrogens (tertiary/aromatic N) is 1. The minimum absolute atomic E-state index is 0.737. The summed E-state index contributed by atoms with van der Waals surface area (Å²) < 4.78 is 5.49. The molecule has 2 nitrogen and oxygen atoms in total. The summed E-state index contributed by atoms with van der Waals surface area (Å²) in [5.41, 5.74) is 2.10. The Morgan fingerprint density at radius 3 is 2.56 bits per heavy atom. The van der Waals surface area contributed by atoms with Crippen molar-refractivity contribution in [3.8, 4) is 5.75 Å². The van der Waals surface area contributed by atoms with Crippen LogP contribution in [0, 0.1) is 0 Å². The Kier molecular flexibility index (Phi) is 4.53. The molecule has 0 saturated carbocycles. The maximum Gasteiger partial charge on any atom is 0.137 e. The summed E-state index contributed by atoms with van der Waals surface area (Å²) in [6.07, 6.45) is 6.82. The number of aromatic nitrogens is 1. The van der Waals surface area contributed by atoms with Gasteiger partial charge in [-0.3, -0.25) is 4.98 Å². The van der Waals surface area contributed by atoms with E-state index >= 15 is 0 Å². The van der Waals surface area contributed by atoms with E-state index in [1.54, 1.807) is 6.20 Å². The molecule has 18 heavy (non-hydrogen) atoms. The third-order valence-electron chi connectivity index (χ3n) is 2.48. The van der Waals surface area contributed by atoms with Gasteiger partial charge in [0.1, 0.15) is 5.75 Å². The first kappa shape index (κ1) is 12.4. The van der Waals surface area contributed by atoms with Crippen molar-refractivity contribution < 1.29 is 4.74 Å². The highest BCUT2D eigenvalue weighted by Crippen LogP contribution is 2.11. The SMILES string of the molecule is CCCOc1ccc(/C=C/c2ccccc2)nc1. The predicted molar refractivity (Wildman–Crippen MR) is 75.4 cm³/mol. The second-order valence-electron chi connectivity index (χ2n) is 4.01. The van der Waals surface area contributed by atoms with Crippen molar-refractivity contribution >= 4 is 12.2 Å². The Balaban J connectivity index is 2.00. The molecule has 2 rings (SSSR count). The monoisotopic (exact) mass is 239 g/mol. The zero-order chi connectivity index (χ0) is 12.6. The molecular formula is C16H17NO. The van der Waals surface area contributed by atoms with E-state index in [1.165, 1.54) is 5.56 Å². The molecule has 0 unspecified atom stereocenters. The van der Waals surface area contributed by atoms with Crippen LogP contribution in [0.3, 0.4) is 0 Å². The minimum atomic E-state index is 0.737. The van der Waals surface area contributed by atoms with E-state index in [4.69, 9.17) is 4.74 Å². The molecule has 0 N–H and O–H groups in total. The number of ether oxygens (including phenoxy) is 1. The van der Waals surface area contributed by atoms with E-state index in [9.17, 15) is 0 Å². The van der Waals surface area contributed by atoms with E-state index < -0.39 is 0 Å². The second-order valence-corrected chi connectivity index (χ2v) is 4.01. The number of hydrogen-bond acceptors (Lipinski definition) is 2. The molecular weight excluding hydrogens is 222 g/mol. The van der Waals surface area contributed by atoms with Gasteiger partial charge >= 0.3 is 0 Å².